The Labute approximate surface area is 186 Å². The van der Waals surface area contributed by atoms with Gasteiger partial charge in [0.05, 0.1) is 18.4 Å². The van der Waals surface area contributed by atoms with E-state index in [-0.39, 0.29) is 13.0 Å². The zero-order chi connectivity index (χ0) is 22.8. The lowest BCUT2D eigenvalue weighted by atomic mass is 9.76. The fourth-order valence-electron chi connectivity index (χ4n) is 5.15. The van der Waals surface area contributed by atoms with Crippen LogP contribution in [0, 0.1) is 17.7 Å². The molecule has 5 rings (SSSR count). The number of nitrogens with zero attached hydrogens (tertiary/aromatic N) is 1. The molecule has 4 atom stereocenters. The van der Waals surface area contributed by atoms with Gasteiger partial charge in [0.15, 0.2) is 0 Å². The summed E-state index contributed by atoms with van der Waals surface area (Å²) in [6.45, 7) is -0.0751. The summed E-state index contributed by atoms with van der Waals surface area (Å²) < 4.78 is 13.3. The van der Waals surface area contributed by atoms with Crippen LogP contribution in [0.25, 0.3) is 0 Å². The number of nitrogens with one attached hydrogen (secondary N) is 2. The minimum Gasteiger partial charge on any atom is -0.370 e. The Morgan fingerprint density at radius 1 is 1.12 bits per heavy atom. The Morgan fingerprint density at radius 2 is 1.84 bits per heavy atom. The number of hydrogen-bond acceptors (Lipinski definition) is 5. The van der Waals surface area contributed by atoms with Crippen LogP contribution in [0.15, 0.2) is 42.5 Å². The summed E-state index contributed by atoms with van der Waals surface area (Å²) in [6, 6.07) is 9.43. The van der Waals surface area contributed by atoms with E-state index in [1.165, 1.54) is 24.3 Å². The first kappa shape index (κ1) is 20.6. The molecule has 10 heteroatoms. The van der Waals surface area contributed by atoms with Crippen molar-refractivity contribution in [3.8, 4) is 0 Å². The zero-order valence-electron chi connectivity index (χ0n) is 16.6. The molecule has 1 spiro atoms. The number of rotatable bonds is 4. The maximum Gasteiger partial charge on any atom is 0.250 e. The molecule has 2 saturated heterocycles. The highest BCUT2D eigenvalue weighted by Gasteiger charge is 2.70. The van der Waals surface area contributed by atoms with Gasteiger partial charge in [-0.05, 0) is 35.9 Å². The molecule has 0 radical (unpaired) electrons. The molecule has 0 aromatic heterocycles. The Bertz CT molecular complexity index is 1190. The van der Waals surface area contributed by atoms with Crippen LogP contribution in [0.1, 0.15) is 17.5 Å². The molecule has 164 valence electrons. The van der Waals surface area contributed by atoms with Crippen molar-refractivity contribution in [2.75, 3.05) is 5.32 Å². The van der Waals surface area contributed by atoms with Crippen molar-refractivity contribution in [1.29, 1.82) is 0 Å². The lowest BCUT2D eigenvalue weighted by Crippen LogP contribution is -2.53. The number of halogens is 2. The third kappa shape index (κ3) is 2.85. The van der Waals surface area contributed by atoms with Gasteiger partial charge in [-0.25, -0.2) is 4.39 Å². The van der Waals surface area contributed by atoms with E-state index in [0.29, 0.717) is 21.8 Å². The van der Waals surface area contributed by atoms with Gasteiger partial charge in [0.1, 0.15) is 11.4 Å². The van der Waals surface area contributed by atoms with Crippen LogP contribution in [-0.2, 0) is 31.3 Å². The summed E-state index contributed by atoms with van der Waals surface area (Å²) in [5, 5.41) is 6.20. The molecule has 3 aliphatic heterocycles. The molecule has 4 amide bonds. The molecular weight excluding hydrogens is 439 g/mol. The van der Waals surface area contributed by atoms with E-state index in [0.717, 1.165) is 4.90 Å². The van der Waals surface area contributed by atoms with Crippen molar-refractivity contribution in [3.05, 3.63) is 64.4 Å². The quantitative estimate of drug-likeness (QED) is 0.598. The van der Waals surface area contributed by atoms with Crippen molar-refractivity contribution in [3.63, 3.8) is 0 Å². The molecule has 0 saturated carbocycles. The molecule has 8 nitrogen and oxygen atoms in total. The van der Waals surface area contributed by atoms with Crippen LogP contribution in [0.2, 0.25) is 5.02 Å². The Hall–Kier alpha value is -3.30. The highest BCUT2D eigenvalue weighted by Crippen LogP contribution is 2.53. The van der Waals surface area contributed by atoms with Gasteiger partial charge in [-0.1, -0.05) is 23.7 Å². The first-order chi connectivity index (χ1) is 15.2. The average molecular weight is 457 g/mol. The number of fused-ring (bicyclic) bond motifs is 4. The van der Waals surface area contributed by atoms with Crippen molar-refractivity contribution < 1.29 is 23.6 Å². The van der Waals surface area contributed by atoms with Crippen LogP contribution >= 0.6 is 11.6 Å². The van der Waals surface area contributed by atoms with E-state index in [1.54, 1.807) is 18.2 Å². The molecule has 2 aromatic carbocycles. The van der Waals surface area contributed by atoms with E-state index in [2.05, 4.69) is 10.6 Å². The molecule has 4 N–H and O–H groups in total. The highest BCUT2D eigenvalue weighted by atomic mass is 35.5. The third-order valence-electron chi connectivity index (χ3n) is 6.44. The van der Waals surface area contributed by atoms with Crippen LogP contribution in [0.4, 0.5) is 10.1 Å². The molecule has 3 aliphatic rings. The summed E-state index contributed by atoms with van der Waals surface area (Å²) in [7, 11) is 0. The topological polar surface area (TPSA) is 122 Å². The molecule has 32 heavy (non-hydrogen) atoms. The van der Waals surface area contributed by atoms with Gasteiger partial charge in [0.25, 0.3) is 0 Å². The third-order valence-corrected chi connectivity index (χ3v) is 6.68. The number of carbonyl (C=O) groups excluding carboxylic acids is 4. The van der Waals surface area contributed by atoms with Gasteiger partial charge in [-0.15, -0.1) is 0 Å². The Balaban J connectivity index is 1.60. The zero-order valence-corrected chi connectivity index (χ0v) is 17.4. The molecule has 0 aliphatic carbocycles. The number of imide groups is 1. The number of likely N-dealkylation sites (tertiary alicyclic amines) is 1. The first-order valence-electron chi connectivity index (χ1n) is 9.99. The van der Waals surface area contributed by atoms with Crippen LogP contribution < -0.4 is 16.4 Å². The van der Waals surface area contributed by atoms with E-state index < -0.39 is 52.9 Å². The molecule has 2 aromatic rings. The smallest absolute Gasteiger partial charge is 0.250 e. The van der Waals surface area contributed by atoms with Crippen molar-refractivity contribution >= 4 is 40.9 Å². The molecular formula is C22H18ClFN4O4. The molecule has 4 unspecified atom stereocenters. The van der Waals surface area contributed by atoms with Crippen LogP contribution in [0.3, 0.4) is 0 Å². The van der Waals surface area contributed by atoms with E-state index >= 15 is 0 Å². The number of primary amides is 1. The summed E-state index contributed by atoms with van der Waals surface area (Å²) in [6.07, 6.45) is -0.227. The average Bonchev–Trinajstić information content (AvgIpc) is 3.30. The fraction of sp³-hybridized carbons (Fsp3) is 0.273. The fourth-order valence-corrected chi connectivity index (χ4v) is 5.33. The first-order valence-corrected chi connectivity index (χ1v) is 10.4. The number of carbonyl (C=O) groups is 4. The lowest BCUT2D eigenvalue weighted by molar-refractivity contribution is -0.143. The Kier molecular flexibility index (Phi) is 4.58. The number of nitrogens with two attached hydrogens (primary N) is 1. The summed E-state index contributed by atoms with van der Waals surface area (Å²) in [5.74, 6) is -4.71. The van der Waals surface area contributed by atoms with E-state index in [4.69, 9.17) is 17.3 Å². The van der Waals surface area contributed by atoms with Crippen molar-refractivity contribution in [1.82, 2.24) is 10.2 Å². The Morgan fingerprint density at radius 3 is 2.53 bits per heavy atom. The maximum absolute atomic E-state index is 13.6. The maximum atomic E-state index is 13.6. The standard InChI is InChI=1S/C22H18ClFN4O4/c23-11-3-6-14-13(7-11)22(21(32)26-14)18-17(15(27-22)8-16(25)29)19(30)28(20(18)31)9-10-1-4-12(24)5-2-10/h1-7,15,17-18,27H,8-9H2,(H2,25,29)(H,26,32). The molecule has 3 heterocycles. The van der Waals surface area contributed by atoms with Gasteiger partial charge in [-0.3, -0.25) is 29.4 Å². The molecule has 0 bridgehead atoms. The second-order valence-electron chi connectivity index (χ2n) is 8.27. The largest absolute Gasteiger partial charge is 0.370 e. The van der Waals surface area contributed by atoms with Gasteiger partial charge >= 0.3 is 0 Å². The predicted octanol–water partition coefficient (Wildman–Crippen LogP) is 1.28. The summed E-state index contributed by atoms with van der Waals surface area (Å²) in [5.41, 5.74) is 5.32. The number of anilines is 1. The number of benzene rings is 2. The van der Waals surface area contributed by atoms with E-state index in [9.17, 15) is 23.6 Å². The van der Waals surface area contributed by atoms with Crippen LogP contribution in [-0.4, -0.2) is 34.6 Å². The summed E-state index contributed by atoms with van der Waals surface area (Å²) in [4.78, 5) is 53.0. The van der Waals surface area contributed by atoms with Gasteiger partial charge in [0, 0.05) is 28.7 Å². The minimum atomic E-state index is -1.56. The second-order valence-corrected chi connectivity index (χ2v) is 8.70. The summed E-state index contributed by atoms with van der Waals surface area (Å²) >= 11 is 6.18. The SMILES string of the molecule is NC(=O)CC1NC2(C(=O)Nc3ccc(Cl)cc32)C2C(=O)N(Cc3ccc(F)cc3)C(=O)C12. The number of amides is 4. The van der Waals surface area contributed by atoms with Crippen LogP contribution in [0.5, 0.6) is 0 Å². The van der Waals surface area contributed by atoms with Crippen molar-refractivity contribution in [2.24, 2.45) is 17.6 Å². The normalized spacial score (nSPS) is 28.2. The predicted molar refractivity (Wildman–Crippen MR) is 111 cm³/mol. The monoisotopic (exact) mass is 456 g/mol. The second kappa shape index (κ2) is 7.11. The van der Waals surface area contributed by atoms with Gasteiger partial charge in [-0.2, -0.15) is 0 Å². The van der Waals surface area contributed by atoms with Gasteiger partial charge in [0.2, 0.25) is 23.6 Å². The molecule has 2 fully saturated rings. The van der Waals surface area contributed by atoms with E-state index in [1.807, 2.05) is 0 Å². The minimum absolute atomic E-state index is 0.0751. The van der Waals surface area contributed by atoms with Crippen molar-refractivity contribution in [2.45, 2.75) is 24.5 Å². The van der Waals surface area contributed by atoms with Gasteiger partial charge < -0.3 is 11.1 Å². The lowest BCUT2D eigenvalue weighted by Gasteiger charge is -2.29. The number of hydrogen-bond donors (Lipinski definition) is 3. The highest BCUT2D eigenvalue weighted by molar-refractivity contribution is 6.31.